The molecule has 0 unspecified atom stereocenters. The first-order valence-electron chi connectivity index (χ1n) is 8.74. The zero-order valence-electron chi connectivity index (χ0n) is 15.5. The van der Waals surface area contributed by atoms with Gasteiger partial charge in [-0.05, 0) is 30.3 Å². The number of urea groups is 1. The number of rotatable bonds is 4. The van der Waals surface area contributed by atoms with Crippen LogP contribution in [0, 0.1) is 0 Å². The second kappa shape index (κ2) is 8.44. The Balaban J connectivity index is 1.60. The molecule has 1 heterocycles. The number of nitrogens with one attached hydrogen (secondary N) is 1. The van der Waals surface area contributed by atoms with Gasteiger partial charge in [0.1, 0.15) is 5.75 Å². The SMILES string of the molecule is COC(=O)c1cccc(NC(=O)N2CCN(c3ccccc3OC)CC2)c1. The van der Waals surface area contributed by atoms with Crippen molar-refractivity contribution in [3.63, 3.8) is 0 Å². The molecule has 1 N–H and O–H groups in total. The van der Waals surface area contributed by atoms with Crippen LogP contribution in [0.15, 0.2) is 48.5 Å². The van der Waals surface area contributed by atoms with Crippen molar-refractivity contribution in [3.05, 3.63) is 54.1 Å². The summed E-state index contributed by atoms with van der Waals surface area (Å²) in [5, 5.41) is 2.84. The number of esters is 1. The lowest BCUT2D eigenvalue weighted by molar-refractivity contribution is 0.0600. The maximum absolute atomic E-state index is 12.5. The van der Waals surface area contributed by atoms with E-state index in [1.807, 2.05) is 24.3 Å². The summed E-state index contributed by atoms with van der Waals surface area (Å²) in [6.07, 6.45) is 0. The van der Waals surface area contributed by atoms with Crippen molar-refractivity contribution in [2.24, 2.45) is 0 Å². The number of ether oxygens (including phenoxy) is 2. The number of para-hydroxylation sites is 2. The van der Waals surface area contributed by atoms with Gasteiger partial charge in [0.2, 0.25) is 0 Å². The van der Waals surface area contributed by atoms with Crippen molar-refractivity contribution in [1.29, 1.82) is 0 Å². The Hall–Kier alpha value is -3.22. The van der Waals surface area contributed by atoms with E-state index in [0.29, 0.717) is 24.3 Å². The van der Waals surface area contributed by atoms with Gasteiger partial charge in [-0.25, -0.2) is 9.59 Å². The van der Waals surface area contributed by atoms with Gasteiger partial charge in [-0.2, -0.15) is 0 Å². The third kappa shape index (κ3) is 4.31. The third-order valence-electron chi connectivity index (χ3n) is 4.53. The van der Waals surface area contributed by atoms with Crippen molar-refractivity contribution in [2.45, 2.75) is 0 Å². The lowest BCUT2D eigenvalue weighted by Crippen LogP contribution is -2.50. The van der Waals surface area contributed by atoms with Crippen LogP contribution >= 0.6 is 0 Å². The molecule has 0 atom stereocenters. The number of hydrogen-bond donors (Lipinski definition) is 1. The normalized spacial score (nSPS) is 13.9. The van der Waals surface area contributed by atoms with Gasteiger partial charge < -0.3 is 24.6 Å². The maximum atomic E-state index is 12.5. The van der Waals surface area contributed by atoms with Crippen LogP contribution < -0.4 is 15.0 Å². The van der Waals surface area contributed by atoms with Crippen LogP contribution in [0.25, 0.3) is 0 Å². The number of amides is 2. The van der Waals surface area contributed by atoms with Crippen molar-refractivity contribution < 1.29 is 19.1 Å². The van der Waals surface area contributed by atoms with Gasteiger partial charge in [0.15, 0.2) is 0 Å². The second-order valence-electron chi connectivity index (χ2n) is 6.15. The van der Waals surface area contributed by atoms with Crippen LogP contribution in [0.1, 0.15) is 10.4 Å². The molecule has 2 aromatic rings. The summed E-state index contributed by atoms with van der Waals surface area (Å²) in [5.74, 6) is 0.395. The topological polar surface area (TPSA) is 71.1 Å². The van der Waals surface area contributed by atoms with Crippen LogP contribution in [0.3, 0.4) is 0 Å². The summed E-state index contributed by atoms with van der Waals surface area (Å²) in [6, 6.07) is 14.4. The van der Waals surface area contributed by atoms with Crippen molar-refractivity contribution in [3.8, 4) is 5.75 Å². The molecule has 0 radical (unpaired) electrons. The molecule has 142 valence electrons. The first-order valence-corrected chi connectivity index (χ1v) is 8.74. The number of piperazine rings is 1. The van der Waals surface area contributed by atoms with E-state index < -0.39 is 5.97 Å². The highest BCUT2D eigenvalue weighted by atomic mass is 16.5. The molecule has 27 heavy (non-hydrogen) atoms. The molecule has 7 heteroatoms. The maximum Gasteiger partial charge on any atom is 0.337 e. The molecule has 0 spiro atoms. The summed E-state index contributed by atoms with van der Waals surface area (Å²) in [6.45, 7) is 2.63. The van der Waals surface area contributed by atoms with Crippen molar-refractivity contribution in [2.75, 3.05) is 50.6 Å². The highest BCUT2D eigenvalue weighted by Crippen LogP contribution is 2.28. The number of carbonyl (C=O) groups is 2. The fraction of sp³-hybridized carbons (Fsp3) is 0.300. The molecule has 3 rings (SSSR count). The lowest BCUT2D eigenvalue weighted by atomic mass is 10.2. The van der Waals surface area contributed by atoms with Gasteiger partial charge >= 0.3 is 12.0 Å². The molecule has 0 saturated carbocycles. The van der Waals surface area contributed by atoms with E-state index in [0.717, 1.165) is 24.5 Å². The van der Waals surface area contributed by atoms with Gasteiger partial charge in [0, 0.05) is 31.9 Å². The molecule has 7 nitrogen and oxygen atoms in total. The predicted octanol–water partition coefficient (Wildman–Crippen LogP) is 2.84. The zero-order chi connectivity index (χ0) is 19.2. The van der Waals surface area contributed by atoms with E-state index in [9.17, 15) is 9.59 Å². The fourth-order valence-electron chi connectivity index (χ4n) is 3.09. The predicted molar refractivity (Wildman–Crippen MR) is 104 cm³/mol. The van der Waals surface area contributed by atoms with E-state index in [1.54, 1.807) is 36.3 Å². The largest absolute Gasteiger partial charge is 0.495 e. The van der Waals surface area contributed by atoms with E-state index in [2.05, 4.69) is 10.2 Å². The molecule has 0 aliphatic carbocycles. The minimum Gasteiger partial charge on any atom is -0.495 e. The zero-order valence-corrected chi connectivity index (χ0v) is 15.5. The molecular weight excluding hydrogens is 346 g/mol. The fourth-order valence-corrected chi connectivity index (χ4v) is 3.09. The number of hydrogen-bond acceptors (Lipinski definition) is 5. The number of nitrogens with zero attached hydrogens (tertiary/aromatic N) is 2. The Morgan fingerprint density at radius 3 is 2.41 bits per heavy atom. The van der Waals surface area contributed by atoms with Crippen molar-refractivity contribution in [1.82, 2.24) is 4.90 Å². The quantitative estimate of drug-likeness (QED) is 0.839. The van der Waals surface area contributed by atoms with Gasteiger partial charge in [-0.15, -0.1) is 0 Å². The molecule has 0 bridgehead atoms. The Morgan fingerprint density at radius 2 is 1.70 bits per heavy atom. The van der Waals surface area contributed by atoms with Crippen LogP contribution in [0.5, 0.6) is 5.75 Å². The summed E-state index contributed by atoms with van der Waals surface area (Å²) >= 11 is 0. The summed E-state index contributed by atoms with van der Waals surface area (Å²) in [5.41, 5.74) is 2.00. The summed E-state index contributed by atoms with van der Waals surface area (Å²) in [4.78, 5) is 28.1. The third-order valence-corrected chi connectivity index (χ3v) is 4.53. The highest BCUT2D eigenvalue weighted by Gasteiger charge is 2.23. The summed E-state index contributed by atoms with van der Waals surface area (Å²) in [7, 11) is 2.99. The monoisotopic (exact) mass is 369 g/mol. The first-order chi connectivity index (χ1) is 13.1. The standard InChI is InChI=1S/C20H23N3O4/c1-26-18-9-4-3-8-17(18)22-10-12-23(13-11-22)20(25)21-16-7-5-6-15(14-16)19(24)27-2/h3-9,14H,10-13H2,1-2H3,(H,21,25). The lowest BCUT2D eigenvalue weighted by Gasteiger charge is -2.36. The molecule has 1 saturated heterocycles. The van der Waals surface area contributed by atoms with E-state index in [4.69, 9.17) is 9.47 Å². The molecule has 2 aromatic carbocycles. The number of anilines is 2. The Labute approximate surface area is 158 Å². The minimum atomic E-state index is -0.434. The second-order valence-corrected chi connectivity index (χ2v) is 6.15. The Kier molecular flexibility index (Phi) is 5.80. The average molecular weight is 369 g/mol. The number of carbonyl (C=O) groups excluding carboxylic acids is 2. The highest BCUT2D eigenvalue weighted by molar-refractivity contribution is 5.94. The van der Waals surface area contributed by atoms with E-state index >= 15 is 0 Å². The van der Waals surface area contributed by atoms with Crippen molar-refractivity contribution >= 4 is 23.4 Å². The Morgan fingerprint density at radius 1 is 0.963 bits per heavy atom. The molecule has 2 amide bonds. The minimum absolute atomic E-state index is 0.184. The molecular formula is C20H23N3O4. The van der Waals surface area contributed by atoms with Gasteiger partial charge in [0.05, 0.1) is 25.5 Å². The van der Waals surface area contributed by atoms with E-state index in [1.165, 1.54) is 7.11 Å². The molecule has 1 fully saturated rings. The van der Waals surface area contributed by atoms with Crippen LogP contribution in [-0.2, 0) is 4.74 Å². The number of benzene rings is 2. The smallest absolute Gasteiger partial charge is 0.337 e. The van der Waals surface area contributed by atoms with Crippen LogP contribution in [0.4, 0.5) is 16.2 Å². The van der Waals surface area contributed by atoms with Gasteiger partial charge in [-0.1, -0.05) is 18.2 Å². The van der Waals surface area contributed by atoms with Gasteiger partial charge in [-0.3, -0.25) is 0 Å². The molecule has 1 aliphatic rings. The van der Waals surface area contributed by atoms with Crippen LogP contribution in [-0.4, -0.2) is 57.3 Å². The molecule has 1 aliphatic heterocycles. The van der Waals surface area contributed by atoms with Crippen LogP contribution in [0.2, 0.25) is 0 Å². The molecule has 0 aromatic heterocycles. The summed E-state index contributed by atoms with van der Waals surface area (Å²) < 4.78 is 10.1. The van der Waals surface area contributed by atoms with Gasteiger partial charge in [0.25, 0.3) is 0 Å². The first kappa shape index (κ1) is 18.6. The van der Waals surface area contributed by atoms with E-state index in [-0.39, 0.29) is 6.03 Å². The number of methoxy groups -OCH3 is 2. The Bertz CT molecular complexity index is 816. The average Bonchev–Trinajstić information content (AvgIpc) is 2.73.